The highest BCUT2D eigenvalue weighted by atomic mass is 16.7. The number of carbonyl (C=O) groups excluding carboxylic acids is 1. The number of benzene rings is 1. The van der Waals surface area contributed by atoms with Crippen molar-refractivity contribution in [1.82, 2.24) is 10.2 Å². The quantitative estimate of drug-likeness (QED) is 0.797. The first-order valence-corrected chi connectivity index (χ1v) is 8.81. The van der Waals surface area contributed by atoms with Gasteiger partial charge in [0, 0.05) is 31.8 Å². The predicted octanol–water partition coefficient (Wildman–Crippen LogP) is 1.90. The summed E-state index contributed by atoms with van der Waals surface area (Å²) in [5, 5.41) is 3.02. The Morgan fingerprint density at radius 3 is 2.76 bits per heavy atom. The van der Waals surface area contributed by atoms with Gasteiger partial charge in [0.05, 0.1) is 13.2 Å². The van der Waals surface area contributed by atoms with Gasteiger partial charge in [-0.2, -0.15) is 0 Å². The van der Waals surface area contributed by atoms with E-state index in [-0.39, 0.29) is 12.7 Å². The molecule has 1 fully saturated rings. The Hall–Kier alpha value is -2.05. The van der Waals surface area contributed by atoms with E-state index in [1.165, 1.54) is 0 Å². The van der Waals surface area contributed by atoms with Crippen LogP contribution in [0.5, 0.6) is 11.5 Å². The van der Waals surface area contributed by atoms with Crippen LogP contribution in [-0.4, -0.2) is 56.5 Å². The lowest BCUT2D eigenvalue weighted by molar-refractivity contribution is -0.116. The van der Waals surface area contributed by atoms with Crippen LogP contribution in [0, 0.1) is 5.92 Å². The molecule has 6 heteroatoms. The van der Waals surface area contributed by atoms with Crippen molar-refractivity contribution in [2.24, 2.45) is 5.92 Å². The van der Waals surface area contributed by atoms with Crippen LogP contribution in [0.4, 0.5) is 0 Å². The number of carbonyl (C=O) groups is 1. The molecule has 1 aromatic rings. The fourth-order valence-electron chi connectivity index (χ4n) is 3.15. The molecule has 1 atom stereocenters. The van der Waals surface area contributed by atoms with Gasteiger partial charge in [0.25, 0.3) is 0 Å². The van der Waals surface area contributed by atoms with Gasteiger partial charge in [-0.1, -0.05) is 19.9 Å². The van der Waals surface area contributed by atoms with E-state index in [9.17, 15) is 4.79 Å². The fourth-order valence-corrected chi connectivity index (χ4v) is 3.15. The van der Waals surface area contributed by atoms with E-state index >= 15 is 0 Å². The summed E-state index contributed by atoms with van der Waals surface area (Å²) in [7, 11) is 0. The Bertz CT molecular complexity index is 624. The largest absolute Gasteiger partial charge is 0.454 e. The van der Waals surface area contributed by atoms with Gasteiger partial charge in [-0.15, -0.1) is 0 Å². The van der Waals surface area contributed by atoms with Crippen molar-refractivity contribution in [3.05, 3.63) is 29.8 Å². The van der Waals surface area contributed by atoms with Gasteiger partial charge in [0.1, 0.15) is 0 Å². The lowest BCUT2D eigenvalue weighted by Crippen LogP contribution is -2.51. The molecule has 0 aliphatic carbocycles. The molecule has 1 unspecified atom stereocenters. The van der Waals surface area contributed by atoms with Crippen LogP contribution in [0.2, 0.25) is 0 Å². The van der Waals surface area contributed by atoms with Crippen molar-refractivity contribution < 1.29 is 19.0 Å². The Kier molecular flexibility index (Phi) is 5.94. The second kappa shape index (κ2) is 8.36. The molecule has 136 valence electrons. The maximum absolute atomic E-state index is 12.2. The summed E-state index contributed by atoms with van der Waals surface area (Å²) in [6, 6.07) is 5.96. The number of nitrogens with zero attached hydrogens (tertiary/aromatic N) is 1. The van der Waals surface area contributed by atoms with Crippen molar-refractivity contribution in [2.45, 2.75) is 19.9 Å². The van der Waals surface area contributed by atoms with Crippen LogP contribution in [0.3, 0.4) is 0 Å². The minimum absolute atomic E-state index is 0.0865. The predicted molar refractivity (Wildman–Crippen MR) is 95.6 cm³/mol. The lowest BCUT2D eigenvalue weighted by Gasteiger charge is -2.36. The van der Waals surface area contributed by atoms with Crippen LogP contribution >= 0.6 is 0 Å². The molecule has 6 nitrogen and oxygen atoms in total. The number of rotatable bonds is 6. The molecule has 0 saturated carbocycles. The molecule has 2 aliphatic heterocycles. The molecule has 2 heterocycles. The standard InChI is InChI=1S/C19H26N2O4/c1-14(2)16(21-7-9-23-10-8-21)12-20-19(22)6-4-15-3-5-17-18(11-15)25-13-24-17/h3-6,11,14,16H,7-10,12-13H2,1-2H3,(H,20,22). The van der Waals surface area contributed by atoms with Gasteiger partial charge in [-0.25, -0.2) is 0 Å². The topological polar surface area (TPSA) is 60.0 Å². The van der Waals surface area contributed by atoms with Crippen LogP contribution < -0.4 is 14.8 Å². The third-order valence-electron chi connectivity index (χ3n) is 4.59. The number of amides is 1. The van der Waals surface area contributed by atoms with E-state index in [0.29, 0.717) is 18.5 Å². The van der Waals surface area contributed by atoms with Gasteiger partial charge < -0.3 is 19.5 Å². The normalized spacial score (nSPS) is 18.7. The van der Waals surface area contributed by atoms with Crippen LogP contribution in [-0.2, 0) is 9.53 Å². The minimum Gasteiger partial charge on any atom is -0.454 e. The Morgan fingerprint density at radius 1 is 1.24 bits per heavy atom. The second-order valence-electron chi connectivity index (χ2n) is 6.65. The summed E-state index contributed by atoms with van der Waals surface area (Å²) in [6.07, 6.45) is 3.35. The van der Waals surface area contributed by atoms with Crippen molar-refractivity contribution in [1.29, 1.82) is 0 Å². The van der Waals surface area contributed by atoms with Crippen molar-refractivity contribution in [3.63, 3.8) is 0 Å². The van der Waals surface area contributed by atoms with E-state index in [1.54, 1.807) is 12.2 Å². The monoisotopic (exact) mass is 346 g/mol. The number of ether oxygens (including phenoxy) is 3. The number of fused-ring (bicyclic) bond motifs is 1. The molecule has 0 radical (unpaired) electrons. The number of hydrogen-bond donors (Lipinski definition) is 1. The summed E-state index contributed by atoms with van der Waals surface area (Å²) < 4.78 is 16.0. The van der Waals surface area contributed by atoms with E-state index in [1.807, 2.05) is 18.2 Å². The smallest absolute Gasteiger partial charge is 0.244 e. The summed E-state index contributed by atoms with van der Waals surface area (Å²) in [5.41, 5.74) is 0.910. The molecule has 2 aliphatic rings. The highest BCUT2D eigenvalue weighted by Gasteiger charge is 2.23. The summed E-state index contributed by atoms with van der Waals surface area (Å²) in [4.78, 5) is 14.6. The van der Waals surface area contributed by atoms with Gasteiger partial charge in [-0.3, -0.25) is 9.69 Å². The minimum atomic E-state index is -0.0865. The average molecular weight is 346 g/mol. The summed E-state index contributed by atoms with van der Waals surface area (Å²) in [5.74, 6) is 1.84. The SMILES string of the molecule is CC(C)C(CNC(=O)C=Cc1ccc2c(c1)OCO2)N1CCOCC1. The van der Waals surface area contributed by atoms with Gasteiger partial charge in [0.2, 0.25) is 12.7 Å². The first-order chi connectivity index (χ1) is 12.1. The van der Waals surface area contributed by atoms with Gasteiger partial charge >= 0.3 is 0 Å². The molecule has 1 saturated heterocycles. The van der Waals surface area contributed by atoms with Crippen LogP contribution in [0.15, 0.2) is 24.3 Å². The maximum Gasteiger partial charge on any atom is 0.244 e. The Balaban J connectivity index is 1.52. The molecule has 25 heavy (non-hydrogen) atoms. The lowest BCUT2D eigenvalue weighted by atomic mass is 10.0. The molecule has 0 aromatic heterocycles. The number of morpholine rings is 1. The zero-order valence-corrected chi connectivity index (χ0v) is 14.9. The van der Waals surface area contributed by atoms with Gasteiger partial charge in [0.15, 0.2) is 11.5 Å². The summed E-state index contributed by atoms with van der Waals surface area (Å²) in [6.45, 7) is 8.65. The van der Waals surface area contributed by atoms with Crippen molar-refractivity contribution in [3.8, 4) is 11.5 Å². The molecule has 0 bridgehead atoms. The zero-order chi connectivity index (χ0) is 17.6. The molecule has 1 amide bonds. The number of hydrogen-bond acceptors (Lipinski definition) is 5. The molecule has 1 N–H and O–H groups in total. The van der Waals surface area contributed by atoms with Crippen LogP contribution in [0.25, 0.3) is 6.08 Å². The zero-order valence-electron chi connectivity index (χ0n) is 14.9. The third-order valence-corrected chi connectivity index (χ3v) is 4.59. The molecule has 1 aromatic carbocycles. The first-order valence-electron chi connectivity index (χ1n) is 8.81. The van der Waals surface area contributed by atoms with Crippen LogP contribution in [0.1, 0.15) is 19.4 Å². The highest BCUT2D eigenvalue weighted by molar-refractivity contribution is 5.91. The maximum atomic E-state index is 12.2. The Labute approximate surface area is 148 Å². The van der Waals surface area contributed by atoms with Gasteiger partial charge in [-0.05, 0) is 29.7 Å². The molecule has 3 rings (SSSR count). The van der Waals surface area contributed by atoms with E-state index < -0.39 is 0 Å². The van der Waals surface area contributed by atoms with E-state index in [2.05, 4.69) is 24.1 Å². The molecular weight excluding hydrogens is 320 g/mol. The fraction of sp³-hybridized carbons (Fsp3) is 0.526. The van der Waals surface area contributed by atoms with Crippen molar-refractivity contribution >= 4 is 12.0 Å². The Morgan fingerprint density at radius 2 is 2.00 bits per heavy atom. The summed E-state index contributed by atoms with van der Waals surface area (Å²) >= 11 is 0. The molecule has 0 spiro atoms. The third kappa shape index (κ3) is 4.74. The molecular formula is C19H26N2O4. The average Bonchev–Trinajstić information content (AvgIpc) is 3.08. The number of nitrogens with one attached hydrogen (secondary N) is 1. The van der Waals surface area contributed by atoms with E-state index in [4.69, 9.17) is 14.2 Å². The van der Waals surface area contributed by atoms with Crippen molar-refractivity contribution in [2.75, 3.05) is 39.6 Å². The first kappa shape index (κ1) is 17.8. The second-order valence-corrected chi connectivity index (χ2v) is 6.65. The highest BCUT2D eigenvalue weighted by Crippen LogP contribution is 2.32. The van der Waals surface area contributed by atoms with E-state index in [0.717, 1.165) is 43.4 Å².